The molecule has 1 aromatic rings. The molecule has 1 amide bonds. The lowest BCUT2D eigenvalue weighted by Crippen LogP contribution is -2.15. The predicted octanol–water partition coefficient (Wildman–Crippen LogP) is 1.66. The summed E-state index contributed by atoms with van der Waals surface area (Å²) < 4.78 is 9.95. The van der Waals surface area contributed by atoms with E-state index < -0.39 is 5.97 Å². The molecule has 20 heavy (non-hydrogen) atoms. The highest BCUT2D eigenvalue weighted by Crippen LogP contribution is 2.27. The van der Waals surface area contributed by atoms with Gasteiger partial charge >= 0.3 is 5.97 Å². The number of amides is 1. The van der Waals surface area contributed by atoms with Crippen molar-refractivity contribution < 1.29 is 19.1 Å². The van der Waals surface area contributed by atoms with Gasteiger partial charge in [0.15, 0.2) is 0 Å². The number of hydrogen-bond donors (Lipinski definition) is 1. The lowest BCUT2D eigenvalue weighted by Gasteiger charge is -2.06. The van der Waals surface area contributed by atoms with Crippen LogP contribution in [-0.2, 0) is 14.3 Å². The molecule has 1 aromatic carbocycles. The van der Waals surface area contributed by atoms with Crippen molar-refractivity contribution in [2.24, 2.45) is 0 Å². The van der Waals surface area contributed by atoms with Crippen molar-refractivity contribution in [3.63, 3.8) is 0 Å². The Morgan fingerprint density at radius 2 is 1.95 bits per heavy atom. The highest BCUT2D eigenvalue weighted by molar-refractivity contribution is 6.16. The Hall–Kier alpha value is -2.56. The molecule has 104 valence electrons. The van der Waals surface area contributed by atoms with Crippen LogP contribution in [0.4, 0.5) is 0 Å². The normalized spacial score (nSPS) is 16.4. The number of nitrogens with one attached hydrogen (secondary N) is 1. The van der Waals surface area contributed by atoms with Gasteiger partial charge in [-0.2, -0.15) is 0 Å². The number of hydrogen-bond acceptors (Lipinski definition) is 4. The summed E-state index contributed by atoms with van der Waals surface area (Å²) >= 11 is 0. The van der Waals surface area contributed by atoms with Crippen LogP contribution < -0.4 is 10.1 Å². The van der Waals surface area contributed by atoms with Gasteiger partial charge < -0.3 is 14.8 Å². The second kappa shape index (κ2) is 5.61. The van der Waals surface area contributed by atoms with E-state index in [0.717, 1.165) is 5.56 Å². The van der Waals surface area contributed by atoms with Crippen molar-refractivity contribution in [1.82, 2.24) is 5.32 Å². The Bertz CT molecular complexity index is 629. The standard InChI is InChI=1S/C15H15NO4/c1-9-13(15(18)20-3)11(14(17)16-9)8-10-6-4-5-7-12(10)19-2/h4-8H,1-3H3,(H,16,17)/b11-8-. The van der Waals surface area contributed by atoms with Crippen molar-refractivity contribution in [2.45, 2.75) is 6.92 Å². The van der Waals surface area contributed by atoms with Gasteiger partial charge in [-0.1, -0.05) is 18.2 Å². The van der Waals surface area contributed by atoms with Gasteiger partial charge in [-0.25, -0.2) is 4.79 Å². The molecule has 1 aliphatic heterocycles. The fourth-order valence-electron chi connectivity index (χ4n) is 2.06. The van der Waals surface area contributed by atoms with E-state index in [9.17, 15) is 9.59 Å². The molecule has 5 nitrogen and oxygen atoms in total. The van der Waals surface area contributed by atoms with Gasteiger partial charge in [-0.3, -0.25) is 4.79 Å². The third-order valence-electron chi connectivity index (χ3n) is 3.02. The number of rotatable bonds is 3. The SMILES string of the molecule is COC(=O)C1=C(C)NC(=O)/C1=C\c1ccccc1OC. The van der Waals surface area contributed by atoms with E-state index in [1.54, 1.807) is 26.2 Å². The number of ether oxygens (including phenoxy) is 2. The van der Waals surface area contributed by atoms with Crippen LogP contribution >= 0.6 is 0 Å². The van der Waals surface area contributed by atoms with Crippen LogP contribution in [0.2, 0.25) is 0 Å². The Kier molecular flexibility index (Phi) is 3.89. The Morgan fingerprint density at radius 3 is 2.60 bits per heavy atom. The fraction of sp³-hybridized carbons (Fsp3) is 0.200. The molecule has 5 heteroatoms. The van der Waals surface area contributed by atoms with Crippen LogP contribution in [0.25, 0.3) is 6.08 Å². The van der Waals surface area contributed by atoms with Gasteiger partial charge in [-0.15, -0.1) is 0 Å². The zero-order chi connectivity index (χ0) is 14.7. The van der Waals surface area contributed by atoms with E-state index in [0.29, 0.717) is 11.4 Å². The largest absolute Gasteiger partial charge is 0.496 e. The molecule has 0 saturated carbocycles. The molecule has 1 heterocycles. The van der Waals surface area contributed by atoms with Crippen LogP contribution in [0.1, 0.15) is 12.5 Å². The zero-order valence-corrected chi connectivity index (χ0v) is 11.5. The summed E-state index contributed by atoms with van der Waals surface area (Å²) in [5, 5.41) is 2.62. The number of benzene rings is 1. The highest BCUT2D eigenvalue weighted by atomic mass is 16.5. The molecule has 0 aliphatic carbocycles. The third kappa shape index (κ3) is 2.42. The van der Waals surface area contributed by atoms with E-state index in [2.05, 4.69) is 5.32 Å². The average molecular weight is 273 g/mol. The van der Waals surface area contributed by atoms with Crippen molar-refractivity contribution >= 4 is 18.0 Å². The van der Waals surface area contributed by atoms with Gasteiger partial charge in [0.1, 0.15) is 5.75 Å². The quantitative estimate of drug-likeness (QED) is 0.672. The lowest BCUT2D eigenvalue weighted by molar-refractivity contribution is -0.136. The number of esters is 1. The number of methoxy groups -OCH3 is 2. The predicted molar refractivity (Wildman–Crippen MR) is 73.8 cm³/mol. The summed E-state index contributed by atoms with van der Waals surface area (Å²) in [4.78, 5) is 23.7. The monoisotopic (exact) mass is 273 g/mol. The van der Waals surface area contributed by atoms with Crippen LogP contribution in [0, 0.1) is 0 Å². The minimum atomic E-state index is -0.540. The maximum atomic E-state index is 11.9. The summed E-state index contributed by atoms with van der Waals surface area (Å²) in [5.74, 6) is -0.239. The van der Waals surface area contributed by atoms with Crippen LogP contribution in [0.3, 0.4) is 0 Å². The second-order valence-electron chi connectivity index (χ2n) is 4.25. The van der Waals surface area contributed by atoms with Gasteiger partial charge in [0, 0.05) is 11.3 Å². The molecular formula is C15H15NO4. The first-order valence-corrected chi connectivity index (χ1v) is 6.04. The molecule has 0 unspecified atom stereocenters. The Labute approximate surface area is 116 Å². The molecule has 2 rings (SSSR count). The lowest BCUT2D eigenvalue weighted by atomic mass is 10.0. The first-order valence-electron chi connectivity index (χ1n) is 6.04. The zero-order valence-electron chi connectivity index (χ0n) is 11.5. The van der Waals surface area contributed by atoms with Gasteiger partial charge in [-0.05, 0) is 19.1 Å². The van der Waals surface area contributed by atoms with Gasteiger partial charge in [0.2, 0.25) is 0 Å². The Morgan fingerprint density at radius 1 is 1.25 bits per heavy atom. The molecule has 0 radical (unpaired) electrons. The van der Waals surface area contributed by atoms with Crippen molar-refractivity contribution in [3.8, 4) is 5.75 Å². The smallest absolute Gasteiger partial charge is 0.340 e. The maximum Gasteiger partial charge on any atom is 0.340 e. The van der Waals surface area contributed by atoms with E-state index in [1.807, 2.05) is 18.2 Å². The topological polar surface area (TPSA) is 64.6 Å². The maximum absolute atomic E-state index is 11.9. The van der Waals surface area contributed by atoms with Gasteiger partial charge in [0.05, 0.1) is 25.4 Å². The molecule has 0 fully saturated rings. The van der Waals surface area contributed by atoms with Crippen LogP contribution in [0.15, 0.2) is 41.1 Å². The van der Waals surface area contributed by atoms with E-state index in [4.69, 9.17) is 9.47 Å². The minimum absolute atomic E-state index is 0.253. The molecule has 0 atom stereocenters. The first kappa shape index (κ1) is 13.9. The fourth-order valence-corrected chi connectivity index (χ4v) is 2.06. The Balaban J connectivity index is 2.51. The van der Waals surface area contributed by atoms with Crippen LogP contribution in [-0.4, -0.2) is 26.1 Å². The second-order valence-corrected chi connectivity index (χ2v) is 4.25. The van der Waals surface area contributed by atoms with Crippen molar-refractivity contribution in [1.29, 1.82) is 0 Å². The molecule has 0 saturated heterocycles. The molecule has 0 spiro atoms. The highest BCUT2D eigenvalue weighted by Gasteiger charge is 2.30. The van der Waals surface area contributed by atoms with Crippen molar-refractivity contribution in [2.75, 3.05) is 14.2 Å². The molecule has 1 N–H and O–H groups in total. The van der Waals surface area contributed by atoms with E-state index in [1.165, 1.54) is 7.11 Å². The summed E-state index contributed by atoms with van der Waals surface area (Å²) in [6, 6.07) is 7.25. The summed E-state index contributed by atoms with van der Waals surface area (Å²) in [6.45, 7) is 1.66. The van der Waals surface area contributed by atoms with E-state index in [-0.39, 0.29) is 17.1 Å². The molecule has 0 bridgehead atoms. The third-order valence-corrected chi connectivity index (χ3v) is 3.02. The minimum Gasteiger partial charge on any atom is -0.496 e. The van der Waals surface area contributed by atoms with E-state index >= 15 is 0 Å². The summed E-state index contributed by atoms with van der Waals surface area (Å²) in [7, 11) is 2.83. The number of para-hydroxylation sites is 1. The van der Waals surface area contributed by atoms with Gasteiger partial charge in [0.25, 0.3) is 5.91 Å². The van der Waals surface area contributed by atoms with Crippen molar-refractivity contribution in [3.05, 3.63) is 46.7 Å². The summed E-state index contributed by atoms with van der Waals surface area (Å²) in [5.41, 5.74) is 1.74. The number of allylic oxidation sites excluding steroid dienone is 1. The number of carbonyl (C=O) groups excluding carboxylic acids is 2. The number of carbonyl (C=O) groups is 2. The van der Waals surface area contributed by atoms with Crippen LogP contribution in [0.5, 0.6) is 5.75 Å². The average Bonchev–Trinajstić information content (AvgIpc) is 2.73. The summed E-state index contributed by atoms with van der Waals surface area (Å²) in [6.07, 6.45) is 1.62. The molecule has 1 aliphatic rings. The molecule has 0 aromatic heterocycles. The first-order chi connectivity index (χ1) is 9.58. The molecular weight excluding hydrogens is 258 g/mol.